The zero-order chi connectivity index (χ0) is 13.1. The number of rotatable bonds is 4. The maximum Gasteiger partial charge on any atom is 0.155 e. The first-order valence-electron chi connectivity index (χ1n) is 5.87. The smallest absolute Gasteiger partial charge is 0.155 e. The summed E-state index contributed by atoms with van der Waals surface area (Å²) in [7, 11) is 3.83. The van der Waals surface area contributed by atoms with Gasteiger partial charge in [-0.1, -0.05) is 30.3 Å². The van der Waals surface area contributed by atoms with Gasteiger partial charge in [-0.25, -0.2) is 0 Å². The van der Waals surface area contributed by atoms with Gasteiger partial charge in [0.15, 0.2) is 6.29 Å². The number of carbonyl (C=O) groups is 1. The van der Waals surface area contributed by atoms with E-state index < -0.39 is 0 Å². The lowest BCUT2D eigenvalue weighted by molar-refractivity contribution is 0.112. The van der Waals surface area contributed by atoms with E-state index in [-0.39, 0.29) is 0 Å². The summed E-state index contributed by atoms with van der Waals surface area (Å²) in [5, 5.41) is 4.29. The van der Waals surface area contributed by atoms with Crippen LogP contribution in [0.5, 0.6) is 0 Å². The molecule has 0 bridgehead atoms. The fourth-order valence-electron chi connectivity index (χ4n) is 2.19. The molecule has 0 unspecified atom stereocenters. The zero-order valence-corrected chi connectivity index (χ0v) is 10.9. The molecule has 0 saturated heterocycles. The topological polar surface area (TPSA) is 38.1 Å². The van der Waals surface area contributed by atoms with E-state index in [1.54, 1.807) is 4.68 Å². The van der Waals surface area contributed by atoms with E-state index in [0.717, 1.165) is 24.3 Å². The van der Waals surface area contributed by atoms with Crippen molar-refractivity contribution in [2.75, 3.05) is 11.9 Å². The van der Waals surface area contributed by atoms with Crippen LogP contribution in [-0.4, -0.2) is 23.1 Å². The third-order valence-corrected chi connectivity index (χ3v) is 2.98. The molecule has 18 heavy (non-hydrogen) atoms. The van der Waals surface area contributed by atoms with Gasteiger partial charge in [0.25, 0.3) is 0 Å². The molecule has 4 heteroatoms. The number of nitrogens with zero attached hydrogens (tertiary/aromatic N) is 3. The average molecular weight is 243 g/mol. The largest absolute Gasteiger partial charge is 0.355 e. The molecule has 0 N–H and O–H groups in total. The number of hydrogen-bond acceptors (Lipinski definition) is 3. The number of aromatic nitrogens is 2. The van der Waals surface area contributed by atoms with Gasteiger partial charge < -0.3 is 4.90 Å². The van der Waals surface area contributed by atoms with Crippen molar-refractivity contribution in [3.63, 3.8) is 0 Å². The Balaban J connectivity index is 2.29. The molecule has 0 amide bonds. The van der Waals surface area contributed by atoms with Crippen molar-refractivity contribution in [2.24, 2.45) is 7.05 Å². The predicted octanol–water partition coefficient (Wildman–Crippen LogP) is 2.18. The maximum absolute atomic E-state index is 11.1. The Morgan fingerprint density at radius 2 is 2.00 bits per heavy atom. The van der Waals surface area contributed by atoms with E-state index >= 15 is 0 Å². The number of anilines is 1. The van der Waals surface area contributed by atoms with Crippen LogP contribution in [0, 0.1) is 6.92 Å². The minimum Gasteiger partial charge on any atom is -0.355 e. The molecule has 0 spiro atoms. The van der Waals surface area contributed by atoms with Crippen LogP contribution >= 0.6 is 0 Å². The highest BCUT2D eigenvalue weighted by Crippen LogP contribution is 2.21. The molecular weight excluding hydrogens is 226 g/mol. The van der Waals surface area contributed by atoms with Crippen molar-refractivity contribution in [1.82, 2.24) is 9.78 Å². The molecule has 94 valence electrons. The SMILES string of the molecule is Cc1nn(C)c(N(C)Cc2ccccc2)c1C=O. The van der Waals surface area contributed by atoms with Crippen LogP contribution in [0.2, 0.25) is 0 Å². The molecule has 0 saturated carbocycles. The summed E-state index contributed by atoms with van der Waals surface area (Å²) in [6, 6.07) is 10.2. The third kappa shape index (κ3) is 2.27. The van der Waals surface area contributed by atoms with Crippen molar-refractivity contribution in [3.05, 3.63) is 47.2 Å². The predicted molar refractivity (Wildman–Crippen MR) is 71.9 cm³/mol. The van der Waals surface area contributed by atoms with E-state index in [1.165, 1.54) is 5.56 Å². The Morgan fingerprint density at radius 3 is 2.61 bits per heavy atom. The number of benzene rings is 1. The molecule has 2 rings (SSSR count). The first-order chi connectivity index (χ1) is 8.63. The summed E-state index contributed by atoms with van der Waals surface area (Å²) in [5.74, 6) is 0.853. The van der Waals surface area contributed by atoms with Crippen LogP contribution in [0.3, 0.4) is 0 Å². The molecule has 0 fully saturated rings. The summed E-state index contributed by atoms with van der Waals surface area (Å²) in [6.45, 7) is 2.60. The first kappa shape index (κ1) is 12.4. The second kappa shape index (κ2) is 5.04. The van der Waals surface area contributed by atoms with E-state index in [0.29, 0.717) is 5.56 Å². The normalized spacial score (nSPS) is 10.4. The second-order valence-corrected chi connectivity index (χ2v) is 4.41. The highest BCUT2D eigenvalue weighted by atomic mass is 16.1. The lowest BCUT2D eigenvalue weighted by atomic mass is 10.2. The van der Waals surface area contributed by atoms with E-state index in [1.807, 2.05) is 44.1 Å². The van der Waals surface area contributed by atoms with Crippen LogP contribution < -0.4 is 4.90 Å². The van der Waals surface area contributed by atoms with Crippen molar-refractivity contribution in [2.45, 2.75) is 13.5 Å². The Bertz CT molecular complexity index is 546. The summed E-state index contributed by atoms with van der Waals surface area (Å²) >= 11 is 0. The number of aryl methyl sites for hydroxylation is 2. The van der Waals surface area contributed by atoms with Crippen LogP contribution in [0.4, 0.5) is 5.82 Å². The van der Waals surface area contributed by atoms with Crippen LogP contribution in [0.15, 0.2) is 30.3 Å². The van der Waals surface area contributed by atoms with Crippen molar-refractivity contribution in [1.29, 1.82) is 0 Å². The van der Waals surface area contributed by atoms with Crippen LogP contribution in [0.1, 0.15) is 21.6 Å². The van der Waals surface area contributed by atoms with Crippen LogP contribution in [-0.2, 0) is 13.6 Å². The average Bonchev–Trinajstić information content (AvgIpc) is 2.64. The molecule has 0 atom stereocenters. The number of aldehydes is 1. The number of carbonyl (C=O) groups excluding carboxylic acids is 1. The molecule has 4 nitrogen and oxygen atoms in total. The fourth-order valence-corrected chi connectivity index (χ4v) is 2.19. The van der Waals surface area contributed by atoms with Gasteiger partial charge in [0.2, 0.25) is 0 Å². The standard InChI is InChI=1S/C14H17N3O/c1-11-13(10-18)14(17(3)15-11)16(2)9-12-7-5-4-6-8-12/h4-8,10H,9H2,1-3H3. The van der Waals surface area contributed by atoms with Gasteiger partial charge >= 0.3 is 0 Å². The van der Waals surface area contributed by atoms with Gasteiger partial charge in [-0.15, -0.1) is 0 Å². The summed E-state index contributed by atoms with van der Waals surface area (Å²) < 4.78 is 1.75. The molecule has 0 radical (unpaired) electrons. The van der Waals surface area contributed by atoms with Crippen molar-refractivity contribution in [3.8, 4) is 0 Å². The molecule has 0 aliphatic heterocycles. The molecule has 0 aliphatic rings. The van der Waals surface area contributed by atoms with Gasteiger partial charge in [-0.05, 0) is 12.5 Å². The van der Waals surface area contributed by atoms with Crippen molar-refractivity contribution < 1.29 is 4.79 Å². The quantitative estimate of drug-likeness (QED) is 0.772. The second-order valence-electron chi connectivity index (χ2n) is 4.41. The Hall–Kier alpha value is -2.10. The van der Waals surface area contributed by atoms with E-state index in [4.69, 9.17) is 0 Å². The lowest BCUT2D eigenvalue weighted by Gasteiger charge is -2.20. The minimum absolute atomic E-state index is 0.663. The summed E-state index contributed by atoms with van der Waals surface area (Å²) in [4.78, 5) is 13.2. The Morgan fingerprint density at radius 1 is 1.33 bits per heavy atom. The molecule has 1 aromatic heterocycles. The first-order valence-corrected chi connectivity index (χ1v) is 5.87. The van der Waals surface area contributed by atoms with Crippen LogP contribution in [0.25, 0.3) is 0 Å². The third-order valence-electron chi connectivity index (χ3n) is 2.98. The summed E-state index contributed by atoms with van der Waals surface area (Å²) in [5.41, 5.74) is 2.63. The lowest BCUT2D eigenvalue weighted by Crippen LogP contribution is -2.20. The summed E-state index contributed by atoms with van der Waals surface area (Å²) in [6.07, 6.45) is 0.874. The van der Waals surface area contributed by atoms with Gasteiger partial charge in [-0.2, -0.15) is 5.10 Å². The highest BCUT2D eigenvalue weighted by molar-refractivity contribution is 5.84. The Kier molecular flexibility index (Phi) is 3.46. The van der Waals surface area contributed by atoms with Gasteiger partial charge in [0.1, 0.15) is 5.82 Å². The zero-order valence-electron chi connectivity index (χ0n) is 10.9. The monoisotopic (exact) mass is 243 g/mol. The Labute approximate surface area is 107 Å². The highest BCUT2D eigenvalue weighted by Gasteiger charge is 2.16. The molecule has 2 aromatic rings. The molecule has 1 aromatic carbocycles. The number of hydrogen-bond donors (Lipinski definition) is 0. The van der Waals surface area contributed by atoms with E-state index in [9.17, 15) is 4.79 Å². The van der Waals surface area contributed by atoms with Gasteiger partial charge in [0, 0.05) is 20.6 Å². The van der Waals surface area contributed by atoms with Gasteiger partial charge in [-0.3, -0.25) is 9.48 Å². The fraction of sp³-hybridized carbons (Fsp3) is 0.286. The minimum atomic E-state index is 0.663. The molecular formula is C14H17N3O. The van der Waals surface area contributed by atoms with E-state index in [2.05, 4.69) is 17.2 Å². The van der Waals surface area contributed by atoms with Crippen molar-refractivity contribution >= 4 is 12.1 Å². The molecule has 0 aliphatic carbocycles. The maximum atomic E-state index is 11.1. The van der Waals surface area contributed by atoms with Gasteiger partial charge in [0.05, 0.1) is 11.3 Å². The molecule has 1 heterocycles.